The lowest BCUT2D eigenvalue weighted by molar-refractivity contribution is -0.121. The first kappa shape index (κ1) is 20.5. The van der Waals surface area contributed by atoms with Crippen LogP contribution in [0.15, 0.2) is 52.4 Å². The number of ether oxygens (including phenoxy) is 2. The molecule has 7 heteroatoms. The summed E-state index contributed by atoms with van der Waals surface area (Å²) in [5.41, 5.74) is 2.76. The van der Waals surface area contributed by atoms with Crippen LogP contribution in [-0.4, -0.2) is 36.2 Å². The Morgan fingerprint density at radius 2 is 1.93 bits per heavy atom. The van der Waals surface area contributed by atoms with Gasteiger partial charge < -0.3 is 9.47 Å². The van der Waals surface area contributed by atoms with Crippen LogP contribution in [0.1, 0.15) is 18.1 Å². The monoisotopic (exact) mass is 407 g/mol. The van der Waals surface area contributed by atoms with Gasteiger partial charge >= 0.3 is 0 Å². The van der Waals surface area contributed by atoms with Crippen LogP contribution in [-0.2, 0) is 4.79 Å². The molecule has 6 nitrogen and oxygen atoms in total. The first-order valence-electron chi connectivity index (χ1n) is 9.11. The molecule has 0 atom stereocenters. The summed E-state index contributed by atoms with van der Waals surface area (Å²) in [6, 6.07) is 15.1. The Bertz CT molecular complexity index is 1010. The van der Waals surface area contributed by atoms with Crippen LogP contribution in [0.5, 0.6) is 11.5 Å². The smallest absolute Gasteiger partial charge is 0.266 e. The van der Waals surface area contributed by atoms with Crippen molar-refractivity contribution in [3.63, 3.8) is 0 Å². The maximum Gasteiger partial charge on any atom is 0.266 e. The second-order valence-electron chi connectivity index (χ2n) is 6.29. The third-order valence-corrected chi connectivity index (χ3v) is 5.18. The second kappa shape index (κ2) is 9.30. The van der Waals surface area contributed by atoms with Crippen LogP contribution >= 0.6 is 11.8 Å². The van der Waals surface area contributed by atoms with Crippen LogP contribution in [0.2, 0.25) is 0 Å². The average molecular weight is 407 g/mol. The summed E-state index contributed by atoms with van der Waals surface area (Å²) in [7, 11) is 1.72. The number of carbonyl (C=O) groups is 1. The number of nitriles is 1. The highest BCUT2D eigenvalue weighted by atomic mass is 32.2. The number of hydrogen-bond acceptors (Lipinski definition) is 6. The van der Waals surface area contributed by atoms with Gasteiger partial charge in [-0.05, 0) is 61.5 Å². The Kier molecular flexibility index (Phi) is 6.57. The summed E-state index contributed by atoms with van der Waals surface area (Å²) < 4.78 is 11.0. The molecule has 3 rings (SSSR count). The first-order valence-corrected chi connectivity index (χ1v) is 9.93. The fraction of sp³-hybridized carbons (Fsp3) is 0.227. The lowest BCUT2D eigenvalue weighted by atomic mass is 10.2. The van der Waals surface area contributed by atoms with Gasteiger partial charge in [-0.3, -0.25) is 9.69 Å². The SMILES string of the molecule is CCOc1cc(/C=C2/SC(=Nc3ccc(C)cc3)N(C)C2=O)ccc1OCC#N. The molecule has 2 aromatic carbocycles. The zero-order chi connectivity index (χ0) is 20.8. The molecule has 1 fully saturated rings. The number of amidine groups is 1. The first-order chi connectivity index (χ1) is 14.0. The number of benzene rings is 2. The molecule has 1 heterocycles. The van der Waals surface area contributed by atoms with Gasteiger partial charge in [0.05, 0.1) is 17.2 Å². The van der Waals surface area contributed by atoms with E-state index in [1.165, 1.54) is 11.8 Å². The van der Waals surface area contributed by atoms with Crippen LogP contribution < -0.4 is 9.47 Å². The molecule has 1 amide bonds. The summed E-state index contributed by atoms with van der Waals surface area (Å²) in [6.45, 7) is 4.30. The Hall–Kier alpha value is -3.24. The van der Waals surface area contributed by atoms with Crippen molar-refractivity contribution in [2.45, 2.75) is 13.8 Å². The van der Waals surface area contributed by atoms with Crippen LogP contribution in [0.3, 0.4) is 0 Å². The van der Waals surface area contributed by atoms with Crippen molar-refractivity contribution in [1.29, 1.82) is 5.26 Å². The van der Waals surface area contributed by atoms with Gasteiger partial charge in [0.1, 0.15) is 6.07 Å². The van der Waals surface area contributed by atoms with Crippen molar-refractivity contribution in [3.05, 3.63) is 58.5 Å². The van der Waals surface area contributed by atoms with Crippen LogP contribution in [0.25, 0.3) is 6.08 Å². The van der Waals surface area contributed by atoms with Gasteiger partial charge in [0.25, 0.3) is 5.91 Å². The van der Waals surface area contributed by atoms with Gasteiger partial charge in [0, 0.05) is 7.05 Å². The molecule has 0 aromatic heterocycles. The number of aryl methyl sites for hydroxylation is 1. The van der Waals surface area contributed by atoms with Gasteiger partial charge in [-0.1, -0.05) is 23.8 Å². The molecule has 0 unspecified atom stereocenters. The van der Waals surface area contributed by atoms with E-state index in [4.69, 9.17) is 14.7 Å². The van der Waals surface area contributed by atoms with E-state index in [1.807, 2.05) is 50.2 Å². The minimum atomic E-state index is -0.108. The summed E-state index contributed by atoms with van der Waals surface area (Å²) >= 11 is 1.33. The highest BCUT2D eigenvalue weighted by Gasteiger charge is 2.30. The zero-order valence-electron chi connectivity index (χ0n) is 16.5. The lowest BCUT2D eigenvalue weighted by Crippen LogP contribution is -2.23. The molecular formula is C22H21N3O3S. The van der Waals surface area contributed by atoms with Gasteiger partial charge in [-0.15, -0.1) is 0 Å². The number of nitrogens with zero attached hydrogens (tertiary/aromatic N) is 3. The number of aliphatic imine (C=N–C) groups is 1. The van der Waals surface area contributed by atoms with E-state index in [2.05, 4.69) is 4.99 Å². The molecule has 0 N–H and O–H groups in total. The van der Waals surface area contributed by atoms with Gasteiger partial charge in [0.2, 0.25) is 0 Å². The molecular weight excluding hydrogens is 386 g/mol. The van der Waals surface area contributed by atoms with Crippen LogP contribution in [0, 0.1) is 18.3 Å². The van der Waals surface area contributed by atoms with E-state index < -0.39 is 0 Å². The van der Waals surface area contributed by atoms with Crippen LogP contribution in [0.4, 0.5) is 5.69 Å². The van der Waals surface area contributed by atoms with E-state index in [0.717, 1.165) is 16.8 Å². The number of likely N-dealkylation sites (N-methyl/N-ethyl adjacent to an activating group) is 1. The van der Waals surface area contributed by atoms with Gasteiger partial charge in [0.15, 0.2) is 23.3 Å². The van der Waals surface area contributed by atoms with Crippen molar-refractivity contribution in [3.8, 4) is 17.6 Å². The second-order valence-corrected chi connectivity index (χ2v) is 7.30. The number of hydrogen-bond donors (Lipinski definition) is 0. The minimum Gasteiger partial charge on any atom is -0.490 e. The molecule has 0 spiro atoms. The molecule has 29 heavy (non-hydrogen) atoms. The highest BCUT2D eigenvalue weighted by molar-refractivity contribution is 8.18. The average Bonchev–Trinajstić information content (AvgIpc) is 2.97. The Morgan fingerprint density at radius 3 is 2.62 bits per heavy atom. The van der Waals surface area contributed by atoms with E-state index in [-0.39, 0.29) is 12.5 Å². The molecule has 0 radical (unpaired) electrons. The number of amides is 1. The molecule has 148 valence electrons. The standard InChI is InChI=1S/C22H21N3O3S/c1-4-27-19-13-16(7-10-18(19)28-12-11-23)14-20-21(26)25(3)22(29-20)24-17-8-5-15(2)6-9-17/h5-10,13-14H,4,12H2,1-3H3/b20-14+,24-22?. The highest BCUT2D eigenvalue weighted by Crippen LogP contribution is 2.35. The molecule has 1 aliphatic heterocycles. The van der Waals surface area contributed by atoms with E-state index in [0.29, 0.717) is 28.2 Å². The van der Waals surface area contributed by atoms with Crippen molar-refractivity contribution < 1.29 is 14.3 Å². The van der Waals surface area contributed by atoms with Gasteiger partial charge in [-0.2, -0.15) is 5.26 Å². The van der Waals surface area contributed by atoms with Crippen molar-refractivity contribution in [1.82, 2.24) is 4.90 Å². The fourth-order valence-electron chi connectivity index (χ4n) is 2.64. The van der Waals surface area contributed by atoms with Gasteiger partial charge in [-0.25, -0.2) is 4.99 Å². The number of thioether (sulfide) groups is 1. The lowest BCUT2D eigenvalue weighted by Gasteiger charge is -2.10. The summed E-state index contributed by atoms with van der Waals surface area (Å²) in [4.78, 5) is 19.4. The largest absolute Gasteiger partial charge is 0.490 e. The predicted molar refractivity (Wildman–Crippen MR) is 115 cm³/mol. The molecule has 1 aliphatic rings. The van der Waals surface area contributed by atoms with E-state index in [9.17, 15) is 4.79 Å². The zero-order valence-corrected chi connectivity index (χ0v) is 17.3. The number of carbonyl (C=O) groups excluding carboxylic acids is 1. The molecule has 1 saturated heterocycles. The molecule has 2 aromatic rings. The molecule has 0 bridgehead atoms. The topological polar surface area (TPSA) is 74.9 Å². The minimum absolute atomic E-state index is 0.0571. The summed E-state index contributed by atoms with van der Waals surface area (Å²) in [6.07, 6.45) is 1.80. The Labute approximate surface area is 174 Å². The summed E-state index contributed by atoms with van der Waals surface area (Å²) in [5.74, 6) is 0.928. The van der Waals surface area contributed by atoms with E-state index >= 15 is 0 Å². The number of rotatable bonds is 6. The predicted octanol–water partition coefficient (Wildman–Crippen LogP) is 4.53. The normalized spacial score (nSPS) is 16.3. The van der Waals surface area contributed by atoms with E-state index in [1.54, 1.807) is 30.2 Å². The quantitative estimate of drug-likeness (QED) is 0.658. The van der Waals surface area contributed by atoms with Crippen molar-refractivity contribution in [2.75, 3.05) is 20.3 Å². The Balaban J connectivity index is 1.86. The molecule has 0 aliphatic carbocycles. The molecule has 0 saturated carbocycles. The third-order valence-electron chi connectivity index (χ3n) is 4.12. The summed E-state index contributed by atoms with van der Waals surface area (Å²) in [5, 5.41) is 9.34. The third kappa shape index (κ3) is 4.98. The van der Waals surface area contributed by atoms with Crippen molar-refractivity contribution >= 4 is 34.6 Å². The Morgan fingerprint density at radius 1 is 1.17 bits per heavy atom. The maximum absolute atomic E-state index is 12.6. The van der Waals surface area contributed by atoms with Crippen molar-refractivity contribution in [2.24, 2.45) is 4.99 Å². The fourth-order valence-corrected chi connectivity index (χ4v) is 3.63. The maximum atomic E-state index is 12.6.